The van der Waals surface area contributed by atoms with Gasteiger partial charge in [0, 0.05) is 33.3 Å². The van der Waals surface area contributed by atoms with Crippen molar-refractivity contribution >= 4 is 16.0 Å². The van der Waals surface area contributed by atoms with Gasteiger partial charge in [-0.3, -0.25) is 0 Å². The number of rotatable bonds is 8. The maximum absolute atomic E-state index is 12.9. The molecule has 2 rings (SSSR count). The Morgan fingerprint density at radius 3 is 2.57 bits per heavy atom. The molecule has 7 nitrogen and oxygen atoms in total. The lowest BCUT2D eigenvalue weighted by Crippen LogP contribution is -2.45. The Morgan fingerprint density at radius 2 is 1.93 bits per heavy atom. The van der Waals surface area contributed by atoms with Gasteiger partial charge >= 0.3 is 0 Å². The molecule has 0 spiro atoms. The van der Waals surface area contributed by atoms with Crippen LogP contribution in [0.4, 0.5) is 0 Å². The van der Waals surface area contributed by atoms with Crippen LogP contribution in [0.1, 0.15) is 45.6 Å². The van der Waals surface area contributed by atoms with Crippen molar-refractivity contribution in [3.63, 3.8) is 0 Å². The molecule has 158 valence electrons. The summed E-state index contributed by atoms with van der Waals surface area (Å²) in [5.41, 5.74) is 0.555. The zero-order valence-electron chi connectivity index (χ0n) is 17.5. The molecular formula is C20H34N4O3S. The number of methoxy groups -OCH3 is 1. The Labute approximate surface area is 169 Å². The van der Waals surface area contributed by atoms with Crippen LogP contribution in [0.15, 0.2) is 34.2 Å². The Balaban J connectivity index is 2.10. The van der Waals surface area contributed by atoms with E-state index in [1.54, 1.807) is 29.6 Å². The van der Waals surface area contributed by atoms with E-state index in [1.807, 2.05) is 26.8 Å². The Kier molecular flexibility index (Phi) is 8.27. The summed E-state index contributed by atoms with van der Waals surface area (Å²) in [7, 11) is -1.75. The Hall–Kier alpha value is -1.64. The van der Waals surface area contributed by atoms with E-state index in [2.05, 4.69) is 15.6 Å². The van der Waals surface area contributed by atoms with Crippen molar-refractivity contribution in [3.8, 4) is 0 Å². The van der Waals surface area contributed by atoms with Gasteiger partial charge in [0.2, 0.25) is 10.0 Å². The Bertz CT molecular complexity index is 756. The first-order chi connectivity index (χ1) is 13.3. The Morgan fingerprint density at radius 1 is 1.21 bits per heavy atom. The van der Waals surface area contributed by atoms with E-state index in [-0.39, 0.29) is 5.60 Å². The van der Waals surface area contributed by atoms with Crippen molar-refractivity contribution in [2.45, 2.75) is 57.1 Å². The number of aliphatic imine (C=N–C) groups is 1. The summed E-state index contributed by atoms with van der Waals surface area (Å²) >= 11 is 0. The number of sulfonamides is 1. The SMILES string of the molecule is CCNC(=NCc1cccc(S(=O)(=O)N2CCCCC2)c1)NCC(C)(C)OC. The first kappa shape index (κ1) is 22.6. The average molecular weight is 411 g/mol. The summed E-state index contributed by atoms with van der Waals surface area (Å²) in [6.45, 7) is 8.96. The summed E-state index contributed by atoms with van der Waals surface area (Å²) in [5.74, 6) is 0.678. The number of nitrogens with zero attached hydrogens (tertiary/aromatic N) is 2. The molecule has 1 aromatic rings. The minimum Gasteiger partial charge on any atom is -0.377 e. The molecule has 0 aromatic heterocycles. The summed E-state index contributed by atoms with van der Waals surface area (Å²) in [6.07, 6.45) is 2.96. The maximum atomic E-state index is 12.9. The standard InChI is InChI=1S/C20H34N4O3S/c1-5-21-19(23-16-20(2,3)27-4)22-15-17-10-9-11-18(14-17)28(25,26)24-12-7-6-8-13-24/h9-11,14H,5-8,12-13,15-16H2,1-4H3,(H2,21,22,23). The largest absolute Gasteiger partial charge is 0.377 e. The van der Waals surface area contributed by atoms with Crippen LogP contribution >= 0.6 is 0 Å². The summed E-state index contributed by atoms with van der Waals surface area (Å²) in [5, 5.41) is 6.47. The van der Waals surface area contributed by atoms with E-state index in [0.29, 0.717) is 37.0 Å². The van der Waals surface area contributed by atoms with Crippen molar-refractivity contribution < 1.29 is 13.2 Å². The van der Waals surface area contributed by atoms with Crippen LogP contribution in [-0.4, -0.2) is 57.6 Å². The van der Waals surface area contributed by atoms with Crippen LogP contribution in [0.3, 0.4) is 0 Å². The molecule has 0 radical (unpaired) electrons. The molecule has 0 aliphatic carbocycles. The molecular weight excluding hydrogens is 376 g/mol. The lowest BCUT2D eigenvalue weighted by Gasteiger charge is -2.26. The van der Waals surface area contributed by atoms with Crippen LogP contribution in [0, 0.1) is 0 Å². The van der Waals surface area contributed by atoms with Crippen molar-refractivity contribution in [2.75, 3.05) is 33.3 Å². The molecule has 28 heavy (non-hydrogen) atoms. The zero-order chi connectivity index (χ0) is 20.6. The van der Waals surface area contributed by atoms with Gasteiger partial charge in [0.15, 0.2) is 5.96 Å². The average Bonchev–Trinajstić information content (AvgIpc) is 2.71. The van der Waals surface area contributed by atoms with Gasteiger partial charge < -0.3 is 15.4 Å². The second kappa shape index (κ2) is 10.2. The molecule has 0 unspecified atom stereocenters. The monoisotopic (exact) mass is 410 g/mol. The second-order valence-electron chi connectivity index (χ2n) is 7.62. The van der Waals surface area contributed by atoms with Gasteiger partial charge in [-0.05, 0) is 51.3 Å². The van der Waals surface area contributed by atoms with E-state index >= 15 is 0 Å². The van der Waals surface area contributed by atoms with Crippen molar-refractivity contribution in [1.29, 1.82) is 0 Å². The summed E-state index contributed by atoms with van der Waals surface area (Å²) in [4.78, 5) is 4.93. The number of ether oxygens (including phenoxy) is 1. The summed E-state index contributed by atoms with van der Waals surface area (Å²) in [6, 6.07) is 7.09. The van der Waals surface area contributed by atoms with Crippen molar-refractivity contribution in [2.24, 2.45) is 4.99 Å². The quantitative estimate of drug-likeness (QED) is 0.508. The number of hydrogen-bond donors (Lipinski definition) is 2. The minimum atomic E-state index is -3.43. The number of nitrogens with one attached hydrogen (secondary N) is 2. The predicted molar refractivity (Wildman–Crippen MR) is 113 cm³/mol. The van der Waals surface area contributed by atoms with E-state index in [1.165, 1.54) is 0 Å². The fourth-order valence-corrected chi connectivity index (χ4v) is 4.53. The van der Waals surface area contributed by atoms with Gasteiger partial charge in [0.25, 0.3) is 0 Å². The number of hydrogen-bond acceptors (Lipinski definition) is 4. The van der Waals surface area contributed by atoms with Crippen LogP contribution in [-0.2, 0) is 21.3 Å². The number of guanidine groups is 1. The fourth-order valence-electron chi connectivity index (χ4n) is 2.94. The normalized spacial score (nSPS) is 16.8. The predicted octanol–water partition coefficient (Wildman–Crippen LogP) is 2.34. The van der Waals surface area contributed by atoms with Gasteiger partial charge in [-0.1, -0.05) is 18.6 Å². The molecule has 1 heterocycles. The van der Waals surface area contributed by atoms with Crippen LogP contribution < -0.4 is 10.6 Å². The molecule has 1 aliphatic rings. The van der Waals surface area contributed by atoms with Gasteiger partial charge in [-0.15, -0.1) is 0 Å². The molecule has 0 atom stereocenters. The van der Waals surface area contributed by atoms with E-state index in [4.69, 9.17) is 4.74 Å². The van der Waals surface area contributed by atoms with E-state index in [9.17, 15) is 8.42 Å². The third kappa shape index (κ3) is 6.46. The highest BCUT2D eigenvalue weighted by atomic mass is 32.2. The molecule has 1 saturated heterocycles. The number of benzene rings is 1. The van der Waals surface area contributed by atoms with E-state index < -0.39 is 10.0 Å². The van der Waals surface area contributed by atoms with Gasteiger partial charge in [-0.2, -0.15) is 4.31 Å². The first-order valence-electron chi connectivity index (χ1n) is 9.95. The van der Waals surface area contributed by atoms with Gasteiger partial charge in [0.05, 0.1) is 17.0 Å². The smallest absolute Gasteiger partial charge is 0.243 e. The molecule has 2 N–H and O–H groups in total. The lowest BCUT2D eigenvalue weighted by atomic mass is 10.1. The van der Waals surface area contributed by atoms with Crippen LogP contribution in [0.2, 0.25) is 0 Å². The van der Waals surface area contributed by atoms with Gasteiger partial charge in [0.1, 0.15) is 0 Å². The van der Waals surface area contributed by atoms with Crippen molar-refractivity contribution in [3.05, 3.63) is 29.8 Å². The second-order valence-corrected chi connectivity index (χ2v) is 9.56. The van der Waals surface area contributed by atoms with Crippen molar-refractivity contribution in [1.82, 2.24) is 14.9 Å². The first-order valence-corrected chi connectivity index (χ1v) is 11.4. The highest BCUT2D eigenvalue weighted by molar-refractivity contribution is 7.89. The summed E-state index contributed by atoms with van der Waals surface area (Å²) < 4.78 is 32.8. The molecule has 1 aliphatic heterocycles. The highest BCUT2D eigenvalue weighted by Crippen LogP contribution is 2.21. The maximum Gasteiger partial charge on any atom is 0.243 e. The van der Waals surface area contributed by atoms with Gasteiger partial charge in [-0.25, -0.2) is 13.4 Å². The third-order valence-electron chi connectivity index (χ3n) is 4.85. The highest BCUT2D eigenvalue weighted by Gasteiger charge is 2.25. The molecule has 0 amide bonds. The lowest BCUT2D eigenvalue weighted by molar-refractivity contribution is 0.0268. The fraction of sp³-hybridized carbons (Fsp3) is 0.650. The molecule has 0 bridgehead atoms. The zero-order valence-corrected chi connectivity index (χ0v) is 18.3. The molecule has 0 saturated carbocycles. The topological polar surface area (TPSA) is 83.0 Å². The van der Waals surface area contributed by atoms with E-state index in [0.717, 1.165) is 31.4 Å². The van der Waals surface area contributed by atoms with Crippen LogP contribution in [0.5, 0.6) is 0 Å². The molecule has 1 fully saturated rings. The third-order valence-corrected chi connectivity index (χ3v) is 6.74. The molecule has 8 heteroatoms. The minimum absolute atomic E-state index is 0.307. The van der Waals surface area contributed by atoms with Crippen LogP contribution in [0.25, 0.3) is 0 Å². The number of piperidine rings is 1. The molecule has 1 aromatic carbocycles.